The Hall–Kier alpha value is -1.61. The van der Waals surface area contributed by atoms with Crippen LogP contribution in [0.1, 0.15) is 60.3 Å². The van der Waals surface area contributed by atoms with Crippen LogP contribution in [0.5, 0.6) is 0 Å². The summed E-state index contributed by atoms with van der Waals surface area (Å²) in [6.45, 7) is 11.1. The quantitative estimate of drug-likeness (QED) is 0.739. The summed E-state index contributed by atoms with van der Waals surface area (Å²) >= 11 is 0. The molecular weight excluding hydrogens is 368 g/mol. The van der Waals surface area contributed by atoms with Crippen LogP contribution in [0.4, 0.5) is 4.79 Å². The number of aryl methyl sites for hydroxylation is 1. The lowest BCUT2D eigenvalue weighted by Crippen LogP contribution is -2.45. The van der Waals surface area contributed by atoms with Crippen LogP contribution in [0.15, 0.2) is 17.3 Å². The third kappa shape index (κ3) is 6.21. The van der Waals surface area contributed by atoms with E-state index in [4.69, 9.17) is 9.88 Å². The highest BCUT2D eigenvalue weighted by molar-refractivity contribution is 7.89. The van der Waals surface area contributed by atoms with Crippen molar-refractivity contribution in [3.05, 3.63) is 12.4 Å². The van der Waals surface area contributed by atoms with Crippen molar-refractivity contribution >= 4 is 16.1 Å². The number of ether oxygens (including phenoxy) is 1. The number of sulfonamides is 1. The van der Waals surface area contributed by atoms with Crippen molar-refractivity contribution in [2.75, 3.05) is 6.54 Å². The Morgan fingerprint density at radius 3 is 2.59 bits per heavy atom. The van der Waals surface area contributed by atoms with Gasteiger partial charge >= 0.3 is 6.09 Å². The van der Waals surface area contributed by atoms with Crippen molar-refractivity contribution in [2.24, 2.45) is 11.1 Å². The fourth-order valence-corrected chi connectivity index (χ4v) is 4.00. The first-order valence-electron chi connectivity index (χ1n) is 9.34. The molecule has 1 aromatic rings. The van der Waals surface area contributed by atoms with Gasteiger partial charge in [-0.25, -0.2) is 18.4 Å². The zero-order valence-electron chi connectivity index (χ0n) is 16.9. The minimum Gasteiger partial charge on any atom is -0.444 e. The molecule has 1 fully saturated rings. The summed E-state index contributed by atoms with van der Waals surface area (Å²) in [4.78, 5) is 14.3. The van der Waals surface area contributed by atoms with Crippen LogP contribution < -0.4 is 5.14 Å². The zero-order chi connectivity index (χ0) is 20.5. The summed E-state index contributed by atoms with van der Waals surface area (Å²) in [6.07, 6.45) is 6.30. The first kappa shape index (κ1) is 21.7. The van der Waals surface area contributed by atoms with Crippen molar-refractivity contribution in [1.82, 2.24) is 14.7 Å². The van der Waals surface area contributed by atoms with Gasteiger partial charge in [-0.1, -0.05) is 6.42 Å². The number of carbonyl (C=O) groups is 1. The zero-order valence-corrected chi connectivity index (χ0v) is 17.8. The molecule has 0 unspecified atom stereocenters. The van der Waals surface area contributed by atoms with E-state index in [1.54, 1.807) is 4.68 Å². The number of rotatable bonds is 6. The van der Waals surface area contributed by atoms with Gasteiger partial charge in [0.25, 0.3) is 0 Å². The fourth-order valence-electron chi connectivity index (χ4n) is 3.54. The largest absolute Gasteiger partial charge is 0.444 e. The fraction of sp³-hybridized carbons (Fsp3) is 0.778. The van der Waals surface area contributed by atoms with E-state index in [1.165, 1.54) is 12.4 Å². The van der Waals surface area contributed by atoms with Gasteiger partial charge in [-0.3, -0.25) is 4.68 Å². The lowest BCUT2D eigenvalue weighted by Gasteiger charge is -2.33. The minimum absolute atomic E-state index is 0.0352. The van der Waals surface area contributed by atoms with Crippen LogP contribution in [0, 0.1) is 5.92 Å². The number of amides is 1. The first-order chi connectivity index (χ1) is 12.3. The third-order valence-electron chi connectivity index (χ3n) is 4.76. The van der Waals surface area contributed by atoms with E-state index in [0.29, 0.717) is 19.0 Å². The molecule has 154 valence electrons. The second-order valence-electron chi connectivity index (χ2n) is 8.95. The SMILES string of the molecule is CC(C)(C)OC(=O)N1C[C@@H](CCCCn2cc(S(N)(=O)=O)cn2)CC1(C)C. The van der Waals surface area contributed by atoms with Crippen molar-refractivity contribution in [2.45, 2.75) is 82.9 Å². The third-order valence-corrected chi connectivity index (χ3v) is 5.63. The normalized spacial score (nSPS) is 20.1. The van der Waals surface area contributed by atoms with Crippen molar-refractivity contribution in [1.29, 1.82) is 0 Å². The van der Waals surface area contributed by atoms with Crippen LogP contribution in [0.2, 0.25) is 0 Å². The van der Waals surface area contributed by atoms with E-state index in [-0.39, 0.29) is 16.5 Å². The number of primary sulfonamides is 1. The Labute approximate surface area is 162 Å². The molecule has 1 aliphatic heterocycles. The van der Waals surface area contributed by atoms with Gasteiger partial charge < -0.3 is 9.64 Å². The standard InChI is InChI=1S/C18H32N4O4S/c1-17(2,3)26-16(23)22-12-14(10-18(22,4)5)8-6-7-9-21-13-15(11-20-21)27(19,24)25/h11,13-14H,6-10,12H2,1-5H3,(H2,19,24,25)/t14-/m0/s1. The molecular formula is C18H32N4O4S. The summed E-state index contributed by atoms with van der Waals surface area (Å²) in [7, 11) is -3.70. The number of nitrogens with zero attached hydrogens (tertiary/aromatic N) is 3. The molecule has 9 heteroatoms. The smallest absolute Gasteiger partial charge is 0.410 e. The number of hydrogen-bond donors (Lipinski definition) is 1. The number of carbonyl (C=O) groups excluding carboxylic acids is 1. The van der Waals surface area contributed by atoms with Gasteiger partial charge in [-0.05, 0) is 59.8 Å². The lowest BCUT2D eigenvalue weighted by atomic mass is 9.93. The van der Waals surface area contributed by atoms with Gasteiger partial charge in [-0.15, -0.1) is 0 Å². The molecule has 1 aliphatic rings. The van der Waals surface area contributed by atoms with E-state index >= 15 is 0 Å². The molecule has 0 spiro atoms. The minimum atomic E-state index is -3.70. The van der Waals surface area contributed by atoms with Crippen LogP contribution in [0.3, 0.4) is 0 Å². The van der Waals surface area contributed by atoms with Crippen molar-refractivity contribution in [3.8, 4) is 0 Å². The Kier molecular flexibility index (Phi) is 6.26. The Bertz CT molecular complexity index is 765. The van der Waals surface area contributed by atoms with E-state index in [1.807, 2.05) is 25.7 Å². The van der Waals surface area contributed by atoms with E-state index in [2.05, 4.69) is 18.9 Å². The number of unbranched alkanes of at least 4 members (excludes halogenated alkanes) is 1. The van der Waals surface area contributed by atoms with Crippen LogP contribution >= 0.6 is 0 Å². The summed E-state index contributed by atoms with van der Waals surface area (Å²) in [5.74, 6) is 0.435. The van der Waals surface area contributed by atoms with Crippen molar-refractivity contribution in [3.63, 3.8) is 0 Å². The average molecular weight is 401 g/mol. The second-order valence-corrected chi connectivity index (χ2v) is 10.5. The van der Waals surface area contributed by atoms with E-state index < -0.39 is 15.6 Å². The lowest BCUT2D eigenvalue weighted by molar-refractivity contribution is 0.0131. The molecule has 1 amide bonds. The maximum atomic E-state index is 12.5. The molecule has 2 rings (SSSR count). The highest BCUT2D eigenvalue weighted by Crippen LogP contribution is 2.36. The number of nitrogens with two attached hydrogens (primary N) is 1. The Morgan fingerprint density at radius 1 is 1.37 bits per heavy atom. The molecule has 1 atom stereocenters. The molecule has 2 N–H and O–H groups in total. The maximum Gasteiger partial charge on any atom is 0.410 e. The number of hydrogen-bond acceptors (Lipinski definition) is 5. The molecule has 1 saturated heterocycles. The molecule has 8 nitrogen and oxygen atoms in total. The van der Waals surface area contributed by atoms with Gasteiger partial charge in [0.1, 0.15) is 10.5 Å². The van der Waals surface area contributed by atoms with E-state index in [9.17, 15) is 13.2 Å². The van der Waals surface area contributed by atoms with Gasteiger partial charge in [0.15, 0.2) is 0 Å². The van der Waals surface area contributed by atoms with Gasteiger partial charge in [0.2, 0.25) is 10.0 Å². The van der Waals surface area contributed by atoms with E-state index in [0.717, 1.165) is 25.7 Å². The van der Waals surface area contributed by atoms with Crippen LogP contribution in [-0.2, 0) is 21.3 Å². The Balaban J connectivity index is 1.80. The molecule has 0 aromatic carbocycles. The van der Waals surface area contributed by atoms with Crippen LogP contribution in [-0.4, -0.2) is 46.9 Å². The number of likely N-dealkylation sites (tertiary alicyclic amines) is 1. The maximum absolute atomic E-state index is 12.5. The molecule has 2 heterocycles. The van der Waals surface area contributed by atoms with Gasteiger partial charge in [0, 0.05) is 24.8 Å². The molecule has 0 bridgehead atoms. The summed E-state index contributed by atoms with van der Waals surface area (Å²) < 4.78 is 29.7. The Morgan fingerprint density at radius 2 is 2.04 bits per heavy atom. The second kappa shape index (κ2) is 7.79. The van der Waals surface area contributed by atoms with Gasteiger partial charge in [0.05, 0.1) is 6.20 Å². The predicted molar refractivity (Wildman–Crippen MR) is 103 cm³/mol. The first-order valence-corrected chi connectivity index (χ1v) is 10.9. The van der Waals surface area contributed by atoms with Gasteiger partial charge in [-0.2, -0.15) is 5.10 Å². The highest BCUT2D eigenvalue weighted by Gasteiger charge is 2.42. The molecule has 0 saturated carbocycles. The van der Waals surface area contributed by atoms with Crippen molar-refractivity contribution < 1.29 is 17.9 Å². The number of aromatic nitrogens is 2. The van der Waals surface area contributed by atoms with Crippen LogP contribution in [0.25, 0.3) is 0 Å². The summed E-state index contributed by atoms with van der Waals surface area (Å²) in [5, 5.41) is 9.12. The molecule has 0 aliphatic carbocycles. The summed E-state index contributed by atoms with van der Waals surface area (Å²) in [5.41, 5.74) is -0.704. The highest BCUT2D eigenvalue weighted by atomic mass is 32.2. The molecule has 0 radical (unpaired) electrons. The average Bonchev–Trinajstić information content (AvgIpc) is 3.05. The summed E-state index contributed by atoms with van der Waals surface area (Å²) in [6, 6.07) is 0. The molecule has 1 aromatic heterocycles. The predicted octanol–water partition coefficient (Wildman–Crippen LogP) is 2.74. The topological polar surface area (TPSA) is 108 Å². The monoisotopic (exact) mass is 400 g/mol. The molecule has 27 heavy (non-hydrogen) atoms.